The second-order valence-corrected chi connectivity index (χ2v) is 6.50. The van der Waals surface area contributed by atoms with Crippen LogP contribution in [0.25, 0.3) is 0 Å². The van der Waals surface area contributed by atoms with Gasteiger partial charge in [0.05, 0.1) is 0 Å². The summed E-state index contributed by atoms with van der Waals surface area (Å²) in [5.74, 6) is 0.574. The maximum Gasteiger partial charge on any atom is 0.320 e. The van der Waals surface area contributed by atoms with Crippen LogP contribution in [0.5, 0.6) is 0 Å². The van der Waals surface area contributed by atoms with Gasteiger partial charge in [-0.15, -0.1) is 0 Å². The molecule has 6 nitrogen and oxygen atoms in total. The molecule has 1 aromatic heterocycles. The minimum absolute atomic E-state index is 0.178. The first-order valence-corrected chi connectivity index (χ1v) is 8.45. The summed E-state index contributed by atoms with van der Waals surface area (Å²) in [5, 5.41) is 10.00. The number of hydrogen-bond acceptors (Lipinski definition) is 3. The Morgan fingerprint density at radius 2 is 2.08 bits per heavy atom. The number of carbonyl (C=O) groups excluding carboxylic acids is 1. The predicted octanol–water partition coefficient (Wildman–Crippen LogP) is 2.59. The number of likely N-dealkylation sites (tertiary alicyclic amines) is 1. The molecule has 1 fully saturated rings. The number of benzene rings is 1. The summed E-state index contributed by atoms with van der Waals surface area (Å²) in [6, 6.07) is 12.8. The summed E-state index contributed by atoms with van der Waals surface area (Å²) in [4.78, 5) is 14.6. The maximum atomic E-state index is 12.1. The van der Waals surface area contributed by atoms with Gasteiger partial charge in [0.1, 0.15) is 0 Å². The summed E-state index contributed by atoms with van der Waals surface area (Å²) in [7, 11) is 1.83. The highest BCUT2D eigenvalue weighted by molar-refractivity contribution is 5.88. The molecule has 2 heterocycles. The zero-order valence-electron chi connectivity index (χ0n) is 14.3. The molecule has 0 aliphatic carbocycles. The fourth-order valence-corrected chi connectivity index (χ4v) is 3.22. The van der Waals surface area contributed by atoms with Gasteiger partial charge in [-0.3, -0.25) is 14.9 Å². The lowest BCUT2D eigenvalue weighted by molar-refractivity contribution is 0.131. The maximum absolute atomic E-state index is 12.1. The molecule has 1 saturated heterocycles. The lowest BCUT2D eigenvalue weighted by Gasteiger charge is -2.38. The molecule has 2 amide bonds. The van der Waals surface area contributed by atoms with E-state index in [9.17, 15) is 4.79 Å². The number of piperidine rings is 1. The lowest BCUT2D eigenvalue weighted by atomic mass is 9.97. The molecule has 2 atom stereocenters. The quantitative estimate of drug-likeness (QED) is 0.907. The summed E-state index contributed by atoms with van der Waals surface area (Å²) >= 11 is 0. The highest BCUT2D eigenvalue weighted by Crippen LogP contribution is 2.20. The minimum Gasteiger partial charge on any atom is -0.335 e. The molecule has 0 radical (unpaired) electrons. The Balaban J connectivity index is 1.47. The van der Waals surface area contributed by atoms with E-state index in [1.807, 2.05) is 13.1 Å². The number of aryl methyl sites for hydroxylation is 1. The van der Waals surface area contributed by atoms with Gasteiger partial charge in [0.15, 0.2) is 5.82 Å². The Morgan fingerprint density at radius 3 is 2.75 bits per heavy atom. The summed E-state index contributed by atoms with van der Waals surface area (Å²) in [5.41, 5.74) is 1.34. The Morgan fingerprint density at radius 1 is 1.29 bits per heavy atom. The third kappa shape index (κ3) is 4.35. The molecule has 1 aliphatic rings. The molecule has 0 saturated carbocycles. The van der Waals surface area contributed by atoms with Crippen LogP contribution in [0.15, 0.2) is 42.6 Å². The number of nitrogens with one attached hydrogen (secondary N) is 2. The van der Waals surface area contributed by atoms with Gasteiger partial charge in [-0.05, 0) is 25.3 Å². The van der Waals surface area contributed by atoms with E-state index < -0.39 is 0 Å². The topological polar surface area (TPSA) is 62.2 Å². The van der Waals surface area contributed by atoms with Gasteiger partial charge in [0, 0.05) is 44.5 Å². The zero-order valence-corrected chi connectivity index (χ0v) is 14.3. The molecule has 1 aliphatic heterocycles. The van der Waals surface area contributed by atoms with Crippen LogP contribution in [0.1, 0.15) is 25.3 Å². The fourth-order valence-electron chi connectivity index (χ4n) is 3.22. The van der Waals surface area contributed by atoms with Crippen molar-refractivity contribution in [2.24, 2.45) is 7.05 Å². The average Bonchev–Trinajstić information content (AvgIpc) is 2.96. The Hall–Kier alpha value is -2.34. The van der Waals surface area contributed by atoms with Crippen molar-refractivity contribution < 1.29 is 4.79 Å². The number of nitrogens with zero attached hydrogens (tertiary/aromatic N) is 3. The predicted molar refractivity (Wildman–Crippen MR) is 94.7 cm³/mol. The number of carbonyl (C=O) groups is 1. The molecule has 3 rings (SSSR count). The van der Waals surface area contributed by atoms with E-state index in [1.54, 1.807) is 16.9 Å². The van der Waals surface area contributed by atoms with Crippen molar-refractivity contribution in [3.63, 3.8) is 0 Å². The van der Waals surface area contributed by atoms with Gasteiger partial charge >= 0.3 is 6.03 Å². The molecular weight excluding hydrogens is 302 g/mol. The van der Waals surface area contributed by atoms with E-state index >= 15 is 0 Å². The second kappa shape index (κ2) is 7.49. The van der Waals surface area contributed by atoms with Crippen LogP contribution >= 0.6 is 0 Å². The highest BCUT2D eigenvalue weighted by Gasteiger charge is 2.26. The summed E-state index contributed by atoms with van der Waals surface area (Å²) < 4.78 is 1.67. The van der Waals surface area contributed by atoms with Gasteiger partial charge < -0.3 is 5.32 Å². The summed E-state index contributed by atoms with van der Waals surface area (Å²) in [6.45, 7) is 4.19. The first kappa shape index (κ1) is 16.5. The molecule has 128 valence electrons. The number of urea groups is 1. The molecule has 2 aromatic rings. The molecular formula is C18H25N5O. The third-order valence-corrected chi connectivity index (χ3v) is 4.53. The molecule has 0 spiro atoms. The number of amides is 2. The number of anilines is 1. The SMILES string of the molecule is C[C@@H]1C[C@@H](NC(=O)Nc2ccn(C)n2)CCN1Cc1ccccc1. The lowest BCUT2D eigenvalue weighted by Crippen LogP contribution is -2.49. The van der Waals surface area contributed by atoms with Crippen molar-refractivity contribution >= 4 is 11.8 Å². The van der Waals surface area contributed by atoms with Gasteiger partial charge in [0.25, 0.3) is 0 Å². The molecule has 0 bridgehead atoms. The Labute approximate surface area is 142 Å². The largest absolute Gasteiger partial charge is 0.335 e. The second-order valence-electron chi connectivity index (χ2n) is 6.50. The van der Waals surface area contributed by atoms with Gasteiger partial charge in [-0.1, -0.05) is 30.3 Å². The van der Waals surface area contributed by atoms with Crippen LogP contribution in [0.4, 0.5) is 10.6 Å². The molecule has 24 heavy (non-hydrogen) atoms. The molecule has 2 N–H and O–H groups in total. The van der Waals surface area contributed by atoms with E-state index in [1.165, 1.54) is 5.56 Å². The zero-order chi connectivity index (χ0) is 16.9. The molecule has 6 heteroatoms. The Bertz CT molecular complexity index is 669. The number of rotatable bonds is 4. The first-order chi connectivity index (χ1) is 11.6. The Kier molecular flexibility index (Phi) is 5.15. The average molecular weight is 327 g/mol. The van der Waals surface area contributed by atoms with Gasteiger partial charge in [0.2, 0.25) is 0 Å². The van der Waals surface area contributed by atoms with Crippen LogP contribution in [0.2, 0.25) is 0 Å². The van der Waals surface area contributed by atoms with Gasteiger partial charge in [-0.2, -0.15) is 5.10 Å². The van der Waals surface area contributed by atoms with Crippen LogP contribution in [0.3, 0.4) is 0 Å². The smallest absolute Gasteiger partial charge is 0.320 e. The number of aromatic nitrogens is 2. The van der Waals surface area contributed by atoms with Crippen LogP contribution < -0.4 is 10.6 Å². The van der Waals surface area contributed by atoms with Crippen molar-refractivity contribution in [1.29, 1.82) is 0 Å². The molecule has 1 aromatic carbocycles. The summed E-state index contributed by atoms with van der Waals surface area (Å²) in [6.07, 6.45) is 3.73. The van der Waals surface area contributed by atoms with Crippen molar-refractivity contribution in [2.45, 2.75) is 38.4 Å². The van der Waals surface area contributed by atoms with E-state index in [-0.39, 0.29) is 12.1 Å². The van der Waals surface area contributed by atoms with E-state index in [0.717, 1.165) is 25.9 Å². The highest BCUT2D eigenvalue weighted by atomic mass is 16.2. The van der Waals surface area contributed by atoms with E-state index in [2.05, 4.69) is 51.8 Å². The minimum atomic E-state index is -0.178. The van der Waals surface area contributed by atoms with Crippen LogP contribution in [-0.4, -0.2) is 39.3 Å². The van der Waals surface area contributed by atoms with Crippen LogP contribution in [0, 0.1) is 0 Å². The first-order valence-electron chi connectivity index (χ1n) is 8.45. The standard InChI is InChI=1S/C18H25N5O/c1-14-12-16(19-18(24)20-17-9-10-22(2)21-17)8-11-23(14)13-15-6-4-3-5-7-15/h3-7,9-10,14,16H,8,11-13H2,1-2H3,(H2,19,20,21,24)/t14-,16+/m1/s1. The fraction of sp³-hybridized carbons (Fsp3) is 0.444. The van der Waals surface area contributed by atoms with Crippen molar-refractivity contribution in [3.05, 3.63) is 48.2 Å². The van der Waals surface area contributed by atoms with Crippen molar-refractivity contribution in [2.75, 3.05) is 11.9 Å². The van der Waals surface area contributed by atoms with Crippen LogP contribution in [-0.2, 0) is 13.6 Å². The third-order valence-electron chi connectivity index (χ3n) is 4.53. The molecule has 0 unspecified atom stereocenters. The number of hydrogen-bond donors (Lipinski definition) is 2. The van der Waals surface area contributed by atoms with Crippen molar-refractivity contribution in [3.8, 4) is 0 Å². The van der Waals surface area contributed by atoms with Gasteiger partial charge in [-0.25, -0.2) is 4.79 Å². The normalized spacial score (nSPS) is 21.4. The van der Waals surface area contributed by atoms with E-state index in [0.29, 0.717) is 11.9 Å². The van der Waals surface area contributed by atoms with E-state index in [4.69, 9.17) is 0 Å². The van der Waals surface area contributed by atoms with Crippen molar-refractivity contribution in [1.82, 2.24) is 20.0 Å². The monoisotopic (exact) mass is 327 g/mol.